The van der Waals surface area contributed by atoms with Crippen molar-refractivity contribution in [1.29, 1.82) is 0 Å². The van der Waals surface area contributed by atoms with E-state index in [2.05, 4.69) is 26.1 Å². The van der Waals surface area contributed by atoms with Crippen molar-refractivity contribution in [2.75, 3.05) is 0 Å². The van der Waals surface area contributed by atoms with Crippen molar-refractivity contribution in [1.82, 2.24) is 5.32 Å². The van der Waals surface area contributed by atoms with Crippen molar-refractivity contribution in [2.45, 2.75) is 45.7 Å². The number of halogens is 1. The molecule has 0 aliphatic rings. The van der Waals surface area contributed by atoms with Gasteiger partial charge in [-0.3, -0.25) is 0 Å². The van der Waals surface area contributed by atoms with Crippen LogP contribution in [0.2, 0.25) is 0 Å². The molecule has 0 aliphatic heterocycles. The van der Waals surface area contributed by atoms with Gasteiger partial charge in [-0.15, -0.1) is 0 Å². The SMILES string of the molecule is CCCC(C)(C)NCc1cccc(F)c1. The topological polar surface area (TPSA) is 12.0 Å². The van der Waals surface area contributed by atoms with E-state index in [1.54, 1.807) is 12.1 Å². The quantitative estimate of drug-likeness (QED) is 0.782. The Balaban J connectivity index is 2.49. The van der Waals surface area contributed by atoms with Gasteiger partial charge in [-0.1, -0.05) is 25.5 Å². The summed E-state index contributed by atoms with van der Waals surface area (Å²) in [4.78, 5) is 0. The standard InChI is InChI=1S/C13H20FN/c1-4-8-13(2,3)15-10-11-6-5-7-12(14)9-11/h5-7,9,15H,4,8,10H2,1-3H3. The Morgan fingerprint density at radius 2 is 2.07 bits per heavy atom. The molecule has 0 aliphatic carbocycles. The monoisotopic (exact) mass is 209 g/mol. The van der Waals surface area contributed by atoms with E-state index in [4.69, 9.17) is 0 Å². The molecule has 1 N–H and O–H groups in total. The van der Waals surface area contributed by atoms with E-state index < -0.39 is 0 Å². The van der Waals surface area contributed by atoms with Gasteiger partial charge in [0.25, 0.3) is 0 Å². The predicted octanol–water partition coefficient (Wildman–Crippen LogP) is 3.49. The van der Waals surface area contributed by atoms with E-state index in [0.29, 0.717) is 0 Å². The molecule has 2 heteroatoms. The second-order valence-corrected chi connectivity index (χ2v) is 4.62. The van der Waals surface area contributed by atoms with Gasteiger partial charge < -0.3 is 5.32 Å². The van der Waals surface area contributed by atoms with E-state index in [9.17, 15) is 4.39 Å². The summed E-state index contributed by atoms with van der Waals surface area (Å²) in [5.74, 6) is -0.164. The molecule has 1 aromatic rings. The first kappa shape index (κ1) is 12.2. The molecule has 0 atom stereocenters. The molecule has 0 radical (unpaired) electrons. The zero-order chi connectivity index (χ0) is 11.3. The van der Waals surface area contributed by atoms with E-state index >= 15 is 0 Å². The maximum atomic E-state index is 12.9. The smallest absolute Gasteiger partial charge is 0.123 e. The van der Waals surface area contributed by atoms with Crippen LogP contribution in [-0.2, 0) is 6.54 Å². The lowest BCUT2D eigenvalue weighted by Gasteiger charge is -2.25. The minimum atomic E-state index is -0.164. The van der Waals surface area contributed by atoms with Crippen LogP contribution in [0.25, 0.3) is 0 Å². The third kappa shape index (κ3) is 4.43. The fraction of sp³-hybridized carbons (Fsp3) is 0.538. The van der Waals surface area contributed by atoms with Crippen LogP contribution < -0.4 is 5.32 Å². The highest BCUT2D eigenvalue weighted by Crippen LogP contribution is 2.12. The van der Waals surface area contributed by atoms with E-state index in [0.717, 1.165) is 24.9 Å². The van der Waals surface area contributed by atoms with Crippen LogP contribution in [0, 0.1) is 5.82 Å². The van der Waals surface area contributed by atoms with Gasteiger partial charge in [-0.25, -0.2) is 4.39 Å². The normalized spacial score (nSPS) is 11.7. The number of benzene rings is 1. The lowest BCUT2D eigenvalue weighted by molar-refractivity contribution is 0.356. The third-order valence-corrected chi connectivity index (χ3v) is 2.54. The van der Waals surface area contributed by atoms with Gasteiger partial charge in [-0.05, 0) is 38.0 Å². The molecular weight excluding hydrogens is 189 g/mol. The van der Waals surface area contributed by atoms with Crippen molar-refractivity contribution in [3.8, 4) is 0 Å². The zero-order valence-electron chi connectivity index (χ0n) is 9.81. The van der Waals surface area contributed by atoms with E-state index in [-0.39, 0.29) is 11.4 Å². The predicted molar refractivity (Wildman–Crippen MR) is 62.2 cm³/mol. The van der Waals surface area contributed by atoms with Crippen LogP contribution in [0.5, 0.6) is 0 Å². The Labute approximate surface area is 91.7 Å². The maximum absolute atomic E-state index is 12.9. The van der Waals surface area contributed by atoms with Crippen LogP contribution in [0.4, 0.5) is 4.39 Å². The van der Waals surface area contributed by atoms with Crippen LogP contribution in [0.3, 0.4) is 0 Å². The first-order valence-electron chi connectivity index (χ1n) is 5.53. The second-order valence-electron chi connectivity index (χ2n) is 4.62. The molecule has 0 amide bonds. The fourth-order valence-corrected chi connectivity index (χ4v) is 1.70. The summed E-state index contributed by atoms with van der Waals surface area (Å²) in [6.45, 7) is 7.25. The fourth-order valence-electron chi connectivity index (χ4n) is 1.70. The van der Waals surface area contributed by atoms with Crippen molar-refractivity contribution in [3.05, 3.63) is 35.6 Å². The largest absolute Gasteiger partial charge is 0.308 e. The van der Waals surface area contributed by atoms with Crippen molar-refractivity contribution in [2.24, 2.45) is 0 Å². The average molecular weight is 209 g/mol. The first-order chi connectivity index (χ1) is 7.03. The van der Waals surface area contributed by atoms with Gasteiger partial charge in [0.2, 0.25) is 0 Å². The van der Waals surface area contributed by atoms with E-state index in [1.807, 2.05) is 6.07 Å². The first-order valence-corrected chi connectivity index (χ1v) is 5.53. The summed E-state index contributed by atoms with van der Waals surface area (Å²) in [7, 11) is 0. The molecule has 0 unspecified atom stereocenters. The van der Waals surface area contributed by atoms with E-state index in [1.165, 1.54) is 6.07 Å². The Kier molecular flexibility index (Phi) is 4.28. The Bertz CT molecular complexity index is 307. The maximum Gasteiger partial charge on any atom is 0.123 e. The minimum Gasteiger partial charge on any atom is -0.308 e. The minimum absolute atomic E-state index is 0.126. The molecule has 0 aromatic heterocycles. The molecule has 0 saturated heterocycles. The summed E-state index contributed by atoms with van der Waals surface area (Å²) in [5.41, 5.74) is 1.13. The Morgan fingerprint density at radius 1 is 1.33 bits per heavy atom. The van der Waals surface area contributed by atoms with Gasteiger partial charge in [0.15, 0.2) is 0 Å². The van der Waals surface area contributed by atoms with Crippen molar-refractivity contribution >= 4 is 0 Å². The molecule has 0 fully saturated rings. The molecule has 15 heavy (non-hydrogen) atoms. The number of nitrogens with one attached hydrogen (secondary N) is 1. The molecule has 0 heterocycles. The lowest BCUT2D eigenvalue weighted by atomic mass is 9.98. The summed E-state index contributed by atoms with van der Waals surface area (Å²) in [6, 6.07) is 6.74. The number of hydrogen-bond donors (Lipinski definition) is 1. The Morgan fingerprint density at radius 3 is 2.67 bits per heavy atom. The molecule has 0 spiro atoms. The molecule has 0 bridgehead atoms. The van der Waals surface area contributed by atoms with Crippen molar-refractivity contribution < 1.29 is 4.39 Å². The van der Waals surface area contributed by atoms with Gasteiger partial charge in [0.05, 0.1) is 0 Å². The average Bonchev–Trinajstić information content (AvgIpc) is 2.15. The second kappa shape index (κ2) is 5.26. The van der Waals surface area contributed by atoms with Crippen LogP contribution in [-0.4, -0.2) is 5.54 Å². The van der Waals surface area contributed by atoms with Crippen molar-refractivity contribution in [3.63, 3.8) is 0 Å². The molecule has 84 valence electrons. The highest BCUT2D eigenvalue weighted by molar-refractivity contribution is 5.16. The van der Waals surface area contributed by atoms with Gasteiger partial charge >= 0.3 is 0 Å². The highest BCUT2D eigenvalue weighted by atomic mass is 19.1. The van der Waals surface area contributed by atoms with Crippen LogP contribution in [0.1, 0.15) is 39.2 Å². The third-order valence-electron chi connectivity index (χ3n) is 2.54. The molecule has 1 rings (SSSR count). The van der Waals surface area contributed by atoms with Gasteiger partial charge in [-0.2, -0.15) is 0 Å². The zero-order valence-corrected chi connectivity index (χ0v) is 9.81. The molecule has 0 saturated carbocycles. The molecule has 1 nitrogen and oxygen atoms in total. The Hall–Kier alpha value is -0.890. The van der Waals surface area contributed by atoms with Gasteiger partial charge in [0.1, 0.15) is 5.82 Å². The number of hydrogen-bond acceptors (Lipinski definition) is 1. The van der Waals surface area contributed by atoms with Crippen LogP contribution >= 0.6 is 0 Å². The summed E-state index contributed by atoms with van der Waals surface area (Å²) >= 11 is 0. The summed E-state index contributed by atoms with van der Waals surface area (Å²) in [5, 5.41) is 3.44. The van der Waals surface area contributed by atoms with Crippen LogP contribution in [0.15, 0.2) is 24.3 Å². The highest BCUT2D eigenvalue weighted by Gasteiger charge is 2.14. The summed E-state index contributed by atoms with van der Waals surface area (Å²) in [6.07, 6.45) is 2.28. The van der Waals surface area contributed by atoms with Gasteiger partial charge in [0, 0.05) is 12.1 Å². The molecule has 1 aromatic carbocycles. The lowest BCUT2D eigenvalue weighted by Crippen LogP contribution is -2.38. The summed E-state index contributed by atoms with van der Waals surface area (Å²) < 4.78 is 12.9. The number of rotatable bonds is 5. The molecular formula is C13H20FN.